The molecule has 0 fully saturated rings. The number of carbonyl (C=O) groups is 1. The van der Waals surface area contributed by atoms with Gasteiger partial charge in [-0.1, -0.05) is 36.8 Å². The largest absolute Gasteiger partial charge is 0.466 e. The highest BCUT2D eigenvalue weighted by Gasteiger charge is 2.25. The van der Waals surface area contributed by atoms with Crippen LogP contribution in [0.5, 0.6) is 0 Å². The Morgan fingerprint density at radius 2 is 1.89 bits per heavy atom. The van der Waals surface area contributed by atoms with E-state index in [2.05, 4.69) is 23.7 Å². The summed E-state index contributed by atoms with van der Waals surface area (Å²) in [6.07, 6.45) is 0. The molecule has 0 radical (unpaired) electrons. The first-order chi connectivity index (χ1) is 12.9. The molecular formula is C20H25Cl2N3O2S. The average molecular weight is 442 g/mol. The number of benzene rings is 1. The third-order valence-electron chi connectivity index (χ3n) is 4.62. The number of aryl methyl sites for hydroxylation is 2. The lowest BCUT2D eigenvalue weighted by molar-refractivity contribution is 0.0982. The van der Waals surface area contributed by atoms with Crippen molar-refractivity contribution in [2.24, 2.45) is 0 Å². The summed E-state index contributed by atoms with van der Waals surface area (Å²) in [6, 6.07) is 7.39. The van der Waals surface area contributed by atoms with Crippen molar-refractivity contribution >= 4 is 56.6 Å². The Bertz CT molecular complexity index is 950. The molecule has 3 rings (SSSR count). The third-order valence-corrected chi connectivity index (χ3v) is 5.90. The van der Waals surface area contributed by atoms with E-state index >= 15 is 0 Å². The molecule has 28 heavy (non-hydrogen) atoms. The van der Waals surface area contributed by atoms with Crippen molar-refractivity contribution < 1.29 is 9.21 Å². The molecule has 2 heterocycles. The molecule has 0 atom stereocenters. The molecule has 0 spiro atoms. The molecule has 0 N–H and O–H groups in total. The van der Waals surface area contributed by atoms with Gasteiger partial charge in [-0.25, -0.2) is 4.98 Å². The molecule has 8 heteroatoms. The second-order valence-corrected chi connectivity index (χ2v) is 7.86. The maximum absolute atomic E-state index is 13.3. The fraction of sp³-hybridized carbons (Fsp3) is 0.400. The highest BCUT2D eigenvalue weighted by Crippen LogP contribution is 2.32. The molecule has 152 valence electrons. The molecular weight excluding hydrogens is 417 g/mol. The van der Waals surface area contributed by atoms with Crippen LogP contribution >= 0.6 is 35.3 Å². The number of furan rings is 1. The lowest BCUT2D eigenvalue weighted by Crippen LogP contribution is -2.39. The van der Waals surface area contributed by atoms with Crippen molar-refractivity contribution in [3.8, 4) is 0 Å². The van der Waals surface area contributed by atoms with Crippen LogP contribution < -0.4 is 4.90 Å². The van der Waals surface area contributed by atoms with E-state index in [0.29, 0.717) is 28.0 Å². The van der Waals surface area contributed by atoms with Crippen LogP contribution in [0.2, 0.25) is 5.02 Å². The maximum Gasteiger partial charge on any atom is 0.263 e. The number of hydrogen-bond donors (Lipinski definition) is 0. The van der Waals surface area contributed by atoms with Crippen molar-refractivity contribution in [2.45, 2.75) is 27.7 Å². The molecule has 0 aliphatic heterocycles. The number of fused-ring (bicyclic) bond motifs is 1. The number of anilines is 1. The number of hydrogen-bond acceptors (Lipinski definition) is 5. The summed E-state index contributed by atoms with van der Waals surface area (Å²) in [4.78, 5) is 22.0. The number of aromatic nitrogens is 1. The Morgan fingerprint density at radius 3 is 2.50 bits per heavy atom. The Hall–Kier alpha value is -1.60. The van der Waals surface area contributed by atoms with Gasteiger partial charge in [0.1, 0.15) is 11.5 Å². The first-order valence-electron chi connectivity index (χ1n) is 9.10. The Morgan fingerprint density at radius 1 is 1.18 bits per heavy atom. The predicted molar refractivity (Wildman–Crippen MR) is 120 cm³/mol. The van der Waals surface area contributed by atoms with E-state index in [1.807, 2.05) is 32.0 Å². The average Bonchev–Trinajstić information content (AvgIpc) is 3.20. The Balaban J connectivity index is 0.00000280. The number of rotatable bonds is 7. The predicted octanol–water partition coefficient (Wildman–Crippen LogP) is 5.57. The fourth-order valence-corrected chi connectivity index (χ4v) is 4.32. The summed E-state index contributed by atoms with van der Waals surface area (Å²) < 4.78 is 6.54. The van der Waals surface area contributed by atoms with E-state index < -0.39 is 0 Å². The molecule has 0 bridgehead atoms. The van der Waals surface area contributed by atoms with E-state index in [0.717, 1.165) is 35.6 Å². The van der Waals surface area contributed by atoms with Crippen molar-refractivity contribution in [1.29, 1.82) is 0 Å². The number of likely N-dealkylation sites (N-methyl/N-ethyl adjacent to an activating group) is 1. The molecule has 0 unspecified atom stereocenters. The van der Waals surface area contributed by atoms with Gasteiger partial charge in [-0.2, -0.15) is 0 Å². The smallest absolute Gasteiger partial charge is 0.263 e. The quantitative estimate of drug-likeness (QED) is 0.480. The molecule has 2 aromatic heterocycles. The van der Waals surface area contributed by atoms with Crippen LogP contribution in [-0.4, -0.2) is 42.0 Å². The van der Waals surface area contributed by atoms with E-state index in [1.54, 1.807) is 11.0 Å². The fourth-order valence-electron chi connectivity index (χ4n) is 3.06. The summed E-state index contributed by atoms with van der Waals surface area (Å²) in [5.41, 5.74) is 1.43. The highest BCUT2D eigenvalue weighted by molar-refractivity contribution is 7.22. The molecule has 1 aromatic carbocycles. The molecule has 1 amide bonds. The second kappa shape index (κ2) is 9.74. The van der Waals surface area contributed by atoms with E-state index in [-0.39, 0.29) is 18.3 Å². The first kappa shape index (κ1) is 22.7. The first-order valence-corrected chi connectivity index (χ1v) is 10.3. The third kappa shape index (κ3) is 4.87. The minimum absolute atomic E-state index is 0. The molecule has 5 nitrogen and oxygen atoms in total. The lowest BCUT2D eigenvalue weighted by atomic mass is 10.2. The topological polar surface area (TPSA) is 49.6 Å². The number of nitrogens with zero attached hydrogens (tertiary/aromatic N) is 3. The summed E-state index contributed by atoms with van der Waals surface area (Å²) in [5.74, 6) is 1.28. The van der Waals surface area contributed by atoms with Gasteiger partial charge in [0.25, 0.3) is 5.91 Å². The second-order valence-electron chi connectivity index (χ2n) is 6.42. The molecule has 3 aromatic rings. The van der Waals surface area contributed by atoms with Crippen LogP contribution in [0.25, 0.3) is 10.2 Å². The van der Waals surface area contributed by atoms with Gasteiger partial charge in [-0.15, -0.1) is 12.4 Å². The van der Waals surface area contributed by atoms with Gasteiger partial charge in [0.05, 0.1) is 15.8 Å². The number of carbonyl (C=O) groups excluding carboxylic acids is 1. The van der Waals surface area contributed by atoms with Crippen molar-refractivity contribution in [1.82, 2.24) is 9.88 Å². The zero-order valence-electron chi connectivity index (χ0n) is 16.5. The molecule has 0 saturated carbocycles. The van der Waals surface area contributed by atoms with Crippen LogP contribution in [0, 0.1) is 13.8 Å². The van der Waals surface area contributed by atoms with E-state index in [4.69, 9.17) is 16.0 Å². The zero-order chi connectivity index (χ0) is 19.6. The summed E-state index contributed by atoms with van der Waals surface area (Å²) in [5, 5.41) is 1.35. The van der Waals surface area contributed by atoms with Crippen molar-refractivity contribution in [3.63, 3.8) is 0 Å². The standard InChI is InChI=1S/C20H24ClN3O2S.ClH/c1-5-23(6-2)9-10-24(19(25)16-11-13(3)26-14(16)4)20-22-17-8-7-15(21)12-18(17)27-20;/h7-8,11-12H,5-6,9-10H2,1-4H3;1H. The summed E-state index contributed by atoms with van der Waals surface area (Å²) >= 11 is 7.59. The highest BCUT2D eigenvalue weighted by atomic mass is 35.5. The number of halogens is 2. The monoisotopic (exact) mass is 441 g/mol. The van der Waals surface area contributed by atoms with Gasteiger partial charge >= 0.3 is 0 Å². The zero-order valence-corrected chi connectivity index (χ0v) is 18.9. The van der Waals surface area contributed by atoms with E-state index in [1.165, 1.54) is 11.3 Å². The van der Waals surface area contributed by atoms with Gasteiger partial charge in [-0.05, 0) is 51.2 Å². The molecule has 0 saturated heterocycles. The minimum atomic E-state index is -0.0818. The van der Waals surface area contributed by atoms with Crippen molar-refractivity contribution in [2.75, 3.05) is 31.1 Å². The Labute approximate surface area is 180 Å². The minimum Gasteiger partial charge on any atom is -0.466 e. The summed E-state index contributed by atoms with van der Waals surface area (Å²) in [6.45, 7) is 11.2. The number of amides is 1. The van der Waals surface area contributed by atoms with Crippen LogP contribution in [0.4, 0.5) is 5.13 Å². The van der Waals surface area contributed by atoms with E-state index in [9.17, 15) is 4.79 Å². The van der Waals surface area contributed by atoms with Crippen molar-refractivity contribution in [3.05, 3.63) is 46.4 Å². The van der Waals surface area contributed by atoms with Crippen LogP contribution in [0.1, 0.15) is 35.7 Å². The van der Waals surface area contributed by atoms with Gasteiger partial charge in [-0.3, -0.25) is 9.69 Å². The lowest BCUT2D eigenvalue weighted by Gasteiger charge is -2.24. The van der Waals surface area contributed by atoms with Crippen LogP contribution in [0.15, 0.2) is 28.7 Å². The number of thiazole rings is 1. The molecule has 0 aliphatic rings. The molecule has 0 aliphatic carbocycles. The summed E-state index contributed by atoms with van der Waals surface area (Å²) in [7, 11) is 0. The van der Waals surface area contributed by atoms with Gasteiger partial charge in [0.15, 0.2) is 5.13 Å². The van der Waals surface area contributed by atoms with Crippen LogP contribution in [0.3, 0.4) is 0 Å². The Kier molecular flexibility index (Phi) is 7.89. The SMILES string of the molecule is CCN(CC)CCN(C(=O)c1cc(C)oc1C)c1nc2ccc(Cl)cc2s1.Cl. The maximum atomic E-state index is 13.3. The van der Waals surface area contributed by atoms with Crippen LogP contribution in [-0.2, 0) is 0 Å². The van der Waals surface area contributed by atoms with Gasteiger partial charge in [0.2, 0.25) is 0 Å². The van der Waals surface area contributed by atoms with Gasteiger partial charge in [0, 0.05) is 18.1 Å². The van der Waals surface area contributed by atoms with Gasteiger partial charge < -0.3 is 9.32 Å². The normalized spacial score (nSPS) is 11.1.